The highest BCUT2D eigenvalue weighted by molar-refractivity contribution is 7.89. The number of nitrogens with zero attached hydrogens (tertiary/aromatic N) is 2. The second kappa shape index (κ2) is 8.59. The van der Waals surface area contributed by atoms with Gasteiger partial charge in [-0.05, 0) is 31.5 Å². The predicted molar refractivity (Wildman–Crippen MR) is 91.9 cm³/mol. The number of halogens is 1. The van der Waals surface area contributed by atoms with Crippen LogP contribution in [0.3, 0.4) is 0 Å². The van der Waals surface area contributed by atoms with Gasteiger partial charge in [-0.15, -0.1) is 0 Å². The van der Waals surface area contributed by atoms with Crippen molar-refractivity contribution in [2.24, 2.45) is 5.73 Å². The van der Waals surface area contributed by atoms with Crippen molar-refractivity contribution in [1.29, 1.82) is 0 Å². The van der Waals surface area contributed by atoms with E-state index in [4.69, 9.17) is 10.5 Å². The Bertz CT molecular complexity index is 703. The first kappa shape index (κ1) is 19.6. The average Bonchev–Trinajstić information content (AvgIpc) is 2.60. The molecule has 0 saturated carbocycles. The topological polar surface area (TPSA) is 92.9 Å². The number of carbonyl (C=O) groups excluding carboxylic acids is 1. The van der Waals surface area contributed by atoms with Crippen LogP contribution in [0.15, 0.2) is 23.1 Å². The van der Waals surface area contributed by atoms with Gasteiger partial charge in [0.2, 0.25) is 10.0 Å². The fourth-order valence-electron chi connectivity index (χ4n) is 2.77. The number of ether oxygens (including phenoxy) is 1. The van der Waals surface area contributed by atoms with E-state index in [0.29, 0.717) is 45.8 Å². The predicted octanol–water partition coefficient (Wildman–Crippen LogP) is 0.850. The summed E-state index contributed by atoms with van der Waals surface area (Å²) in [5.74, 6) is -0.471. The molecule has 0 unspecified atom stereocenters. The highest BCUT2D eigenvalue weighted by atomic mass is 32.2. The third-order valence-corrected chi connectivity index (χ3v) is 5.99. The maximum atomic E-state index is 12.8. The smallest absolute Gasteiger partial charge is 0.252 e. The summed E-state index contributed by atoms with van der Waals surface area (Å²) in [7, 11) is -3.72. The Balaban J connectivity index is 2.17. The minimum Gasteiger partial charge on any atom is -0.493 e. The lowest BCUT2D eigenvalue weighted by Gasteiger charge is -2.33. The maximum absolute atomic E-state index is 12.8. The number of piperazine rings is 1. The zero-order valence-corrected chi connectivity index (χ0v) is 15.1. The molecule has 0 aliphatic carbocycles. The monoisotopic (exact) mass is 373 g/mol. The van der Waals surface area contributed by atoms with Crippen LogP contribution in [-0.4, -0.2) is 69.5 Å². The van der Waals surface area contributed by atoms with Crippen LogP contribution in [0, 0.1) is 0 Å². The van der Waals surface area contributed by atoms with Crippen LogP contribution >= 0.6 is 0 Å². The van der Waals surface area contributed by atoms with Crippen LogP contribution in [0.2, 0.25) is 0 Å². The van der Waals surface area contributed by atoms with Gasteiger partial charge in [0.1, 0.15) is 5.75 Å². The SMILES string of the molecule is CCOc1ccc(S(=O)(=O)N2CCN(CCCF)CC2)cc1C(N)=O. The summed E-state index contributed by atoms with van der Waals surface area (Å²) in [4.78, 5) is 13.6. The van der Waals surface area contributed by atoms with E-state index in [1.807, 2.05) is 4.90 Å². The van der Waals surface area contributed by atoms with Gasteiger partial charge in [0, 0.05) is 32.7 Å². The van der Waals surface area contributed by atoms with Gasteiger partial charge in [-0.25, -0.2) is 8.42 Å². The van der Waals surface area contributed by atoms with E-state index in [2.05, 4.69) is 0 Å². The van der Waals surface area contributed by atoms with E-state index in [9.17, 15) is 17.6 Å². The molecule has 1 fully saturated rings. The lowest BCUT2D eigenvalue weighted by molar-refractivity contribution is 0.0996. The van der Waals surface area contributed by atoms with Crippen LogP contribution in [0.1, 0.15) is 23.7 Å². The number of primary amides is 1. The number of benzene rings is 1. The standard InChI is InChI=1S/C16H24FN3O4S/c1-2-24-15-5-4-13(12-14(15)16(18)21)25(22,23)20-10-8-19(9-11-20)7-3-6-17/h4-5,12H,2-3,6-11H2,1H3,(H2,18,21). The second-order valence-corrected chi connectivity index (χ2v) is 7.68. The Hall–Kier alpha value is -1.71. The van der Waals surface area contributed by atoms with E-state index < -0.39 is 15.9 Å². The van der Waals surface area contributed by atoms with E-state index in [0.717, 1.165) is 0 Å². The Morgan fingerprint density at radius 2 is 1.96 bits per heavy atom. The first-order valence-corrected chi connectivity index (χ1v) is 9.69. The summed E-state index contributed by atoms with van der Waals surface area (Å²) in [6.45, 7) is 4.12. The first-order chi connectivity index (χ1) is 11.9. The van der Waals surface area contributed by atoms with Crippen LogP contribution < -0.4 is 10.5 Å². The molecule has 1 aromatic carbocycles. The third kappa shape index (κ3) is 4.68. The van der Waals surface area contributed by atoms with Crippen molar-refractivity contribution in [2.75, 3.05) is 46.0 Å². The van der Waals surface area contributed by atoms with Gasteiger partial charge >= 0.3 is 0 Å². The molecule has 25 heavy (non-hydrogen) atoms. The Kier molecular flexibility index (Phi) is 6.74. The second-order valence-electron chi connectivity index (χ2n) is 5.74. The van der Waals surface area contributed by atoms with E-state index in [-0.39, 0.29) is 22.9 Å². The molecule has 1 heterocycles. The quantitative estimate of drug-likeness (QED) is 0.729. The van der Waals surface area contributed by atoms with Gasteiger partial charge in [-0.2, -0.15) is 4.31 Å². The number of amides is 1. The van der Waals surface area contributed by atoms with E-state index >= 15 is 0 Å². The van der Waals surface area contributed by atoms with Crippen molar-refractivity contribution in [2.45, 2.75) is 18.2 Å². The molecule has 0 spiro atoms. The lowest BCUT2D eigenvalue weighted by Crippen LogP contribution is -2.48. The van der Waals surface area contributed by atoms with E-state index in [1.165, 1.54) is 22.5 Å². The summed E-state index contributed by atoms with van der Waals surface area (Å²) in [5.41, 5.74) is 5.38. The van der Waals surface area contributed by atoms with Gasteiger partial charge < -0.3 is 15.4 Å². The van der Waals surface area contributed by atoms with Crippen LogP contribution in [0.5, 0.6) is 5.75 Å². The average molecular weight is 373 g/mol. The first-order valence-electron chi connectivity index (χ1n) is 8.25. The molecule has 1 aliphatic heterocycles. The van der Waals surface area contributed by atoms with Gasteiger partial charge in [0.15, 0.2) is 0 Å². The molecule has 1 amide bonds. The summed E-state index contributed by atoms with van der Waals surface area (Å²) in [6, 6.07) is 4.13. The summed E-state index contributed by atoms with van der Waals surface area (Å²) >= 11 is 0. The minimum absolute atomic E-state index is 0.0157. The fourth-order valence-corrected chi connectivity index (χ4v) is 4.22. The number of hydrogen-bond acceptors (Lipinski definition) is 5. The van der Waals surface area contributed by atoms with Gasteiger partial charge in [-0.3, -0.25) is 9.18 Å². The number of rotatable bonds is 8. The maximum Gasteiger partial charge on any atom is 0.252 e. The molecule has 2 rings (SSSR count). The summed E-state index contributed by atoms with van der Waals surface area (Å²) < 4.78 is 44.5. The summed E-state index contributed by atoms with van der Waals surface area (Å²) in [6.07, 6.45) is 0.452. The van der Waals surface area contributed by atoms with Crippen LogP contribution in [0.25, 0.3) is 0 Å². The van der Waals surface area contributed by atoms with Crippen molar-refractivity contribution >= 4 is 15.9 Å². The number of carbonyl (C=O) groups is 1. The van der Waals surface area contributed by atoms with Gasteiger partial charge in [-0.1, -0.05) is 0 Å². The molecule has 1 saturated heterocycles. The van der Waals surface area contributed by atoms with Gasteiger partial charge in [0.25, 0.3) is 5.91 Å². The van der Waals surface area contributed by atoms with Gasteiger partial charge in [0.05, 0.1) is 23.7 Å². The molecule has 1 aliphatic rings. The van der Waals surface area contributed by atoms with Crippen molar-refractivity contribution in [3.05, 3.63) is 23.8 Å². The molecule has 9 heteroatoms. The van der Waals surface area contributed by atoms with E-state index in [1.54, 1.807) is 6.92 Å². The molecule has 140 valence electrons. The highest BCUT2D eigenvalue weighted by Gasteiger charge is 2.29. The van der Waals surface area contributed by atoms with Crippen molar-refractivity contribution in [1.82, 2.24) is 9.21 Å². The Labute approximate surface area is 147 Å². The Morgan fingerprint density at radius 1 is 1.28 bits per heavy atom. The lowest BCUT2D eigenvalue weighted by atomic mass is 10.2. The molecule has 0 radical (unpaired) electrons. The van der Waals surface area contributed by atoms with Crippen molar-refractivity contribution < 1.29 is 22.3 Å². The molecule has 0 aromatic heterocycles. The molecular formula is C16H24FN3O4S. The zero-order valence-electron chi connectivity index (χ0n) is 14.3. The minimum atomic E-state index is -3.72. The molecular weight excluding hydrogens is 349 g/mol. The number of alkyl halides is 1. The zero-order chi connectivity index (χ0) is 18.4. The third-order valence-electron chi connectivity index (χ3n) is 4.09. The number of nitrogens with two attached hydrogens (primary N) is 1. The molecule has 7 nitrogen and oxygen atoms in total. The van der Waals surface area contributed by atoms with Crippen molar-refractivity contribution in [3.8, 4) is 5.75 Å². The molecule has 2 N–H and O–H groups in total. The van der Waals surface area contributed by atoms with Crippen LogP contribution in [-0.2, 0) is 10.0 Å². The number of hydrogen-bond donors (Lipinski definition) is 1. The largest absolute Gasteiger partial charge is 0.493 e. The number of sulfonamides is 1. The van der Waals surface area contributed by atoms with Crippen LogP contribution in [0.4, 0.5) is 4.39 Å². The Morgan fingerprint density at radius 3 is 2.52 bits per heavy atom. The summed E-state index contributed by atoms with van der Waals surface area (Å²) in [5, 5.41) is 0. The van der Waals surface area contributed by atoms with Crippen molar-refractivity contribution in [3.63, 3.8) is 0 Å². The highest BCUT2D eigenvalue weighted by Crippen LogP contribution is 2.25. The molecule has 0 bridgehead atoms. The normalized spacial score (nSPS) is 16.7. The molecule has 1 aromatic rings. The fraction of sp³-hybridized carbons (Fsp3) is 0.562. The molecule has 0 atom stereocenters.